The fraction of sp³-hybridized carbons (Fsp3) is 0.346. The molecule has 0 spiro atoms. The van der Waals surface area contributed by atoms with Gasteiger partial charge in [-0.1, -0.05) is 11.6 Å². The second kappa shape index (κ2) is 13.6. The number of anilines is 1. The van der Waals surface area contributed by atoms with Gasteiger partial charge >= 0.3 is 0 Å². The van der Waals surface area contributed by atoms with Crippen LogP contribution < -0.4 is 24.4 Å². The maximum atomic E-state index is 6.16. The van der Waals surface area contributed by atoms with Gasteiger partial charge in [-0.15, -0.1) is 24.8 Å². The normalized spacial score (nSPS) is 13.3. The van der Waals surface area contributed by atoms with Crippen LogP contribution in [0.3, 0.4) is 0 Å². The molecule has 0 atom stereocenters. The monoisotopic (exact) mass is 539 g/mol. The fourth-order valence-corrected chi connectivity index (χ4v) is 4.46. The smallest absolute Gasteiger partial charge is 0.203 e. The van der Waals surface area contributed by atoms with Crippen molar-refractivity contribution in [3.8, 4) is 28.5 Å². The average molecular weight is 541 g/mol. The number of piperidine rings is 1. The van der Waals surface area contributed by atoms with Gasteiger partial charge in [0.25, 0.3) is 0 Å². The maximum Gasteiger partial charge on any atom is 0.203 e. The first kappa shape index (κ1) is 28.9. The highest BCUT2D eigenvalue weighted by atomic mass is 35.5. The number of halogens is 3. The van der Waals surface area contributed by atoms with E-state index in [1.807, 2.05) is 30.5 Å². The third-order valence-corrected chi connectivity index (χ3v) is 6.30. The van der Waals surface area contributed by atoms with E-state index in [4.69, 9.17) is 25.8 Å². The predicted molar refractivity (Wildman–Crippen MR) is 147 cm³/mol. The van der Waals surface area contributed by atoms with E-state index in [0.717, 1.165) is 48.8 Å². The van der Waals surface area contributed by atoms with Crippen molar-refractivity contribution in [2.24, 2.45) is 0 Å². The molecule has 35 heavy (non-hydrogen) atoms. The minimum Gasteiger partial charge on any atom is -0.493 e. The van der Waals surface area contributed by atoms with Crippen molar-refractivity contribution in [2.45, 2.75) is 25.4 Å². The molecule has 1 N–H and O–H groups in total. The van der Waals surface area contributed by atoms with Gasteiger partial charge in [-0.25, -0.2) is 0 Å². The molecule has 2 heterocycles. The predicted octanol–water partition coefficient (Wildman–Crippen LogP) is 6.03. The Balaban J connectivity index is 0.00000216. The van der Waals surface area contributed by atoms with Crippen LogP contribution in [0.2, 0.25) is 5.02 Å². The molecule has 1 aromatic heterocycles. The van der Waals surface area contributed by atoms with Gasteiger partial charge < -0.3 is 24.4 Å². The summed E-state index contributed by atoms with van der Waals surface area (Å²) in [6, 6.07) is 16.6. The summed E-state index contributed by atoms with van der Waals surface area (Å²) < 4.78 is 16.5. The summed E-state index contributed by atoms with van der Waals surface area (Å²) in [5, 5.41) is 4.21. The van der Waals surface area contributed by atoms with Crippen LogP contribution in [-0.4, -0.2) is 45.4 Å². The first-order chi connectivity index (χ1) is 16.1. The number of rotatable bonds is 8. The minimum absolute atomic E-state index is 0. The Kier molecular flexibility index (Phi) is 11.2. The summed E-state index contributed by atoms with van der Waals surface area (Å²) >= 11 is 6.16. The lowest BCUT2D eigenvalue weighted by Gasteiger charge is -2.36. The van der Waals surface area contributed by atoms with Gasteiger partial charge in [0.05, 0.1) is 27.0 Å². The van der Waals surface area contributed by atoms with Crippen molar-refractivity contribution in [3.63, 3.8) is 0 Å². The standard InChI is InChI=1S/C26H30ClN3O3.2ClH/c1-31-24-15-19(16-25(32-2)26(24)33-3)23-14-18(8-13-29-23)17-30(22-9-11-28-12-10-22)21-6-4-20(27)5-7-21;;/h4-8,13-16,22,28H,9-12,17H2,1-3H3;2*1H. The van der Waals surface area contributed by atoms with Crippen LogP contribution in [-0.2, 0) is 6.54 Å². The molecule has 190 valence electrons. The van der Waals surface area contributed by atoms with E-state index in [0.29, 0.717) is 23.3 Å². The number of hydrogen-bond donors (Lipinski definition) is 1. The Bertz CT molecular complexity index is 1050. The van der Waals surface area contributed by atoms with Crippen molar-refractivity contribution in [1.82, 2.24) is 10.3 Å². The van der Waals surface area contributed by atoms with Gasteiger partial charge in [0.1, 0.15) is 0 Å². The number of methoxy groups -OCH3 is 3. The topological polar surface area (TPSA) is 55.9 Å². The summed E-state index contributed by atoms with van der Waals surface area (Å²) in [7, 11) is 4.84. The summed E-state index contributed by atoms with van der Waals surface area (Å²) in [5.74, 6) is 1.79. The van der Waals surface area contributed by atoms with Gasteiger partial charge in [0, 0.05) is 35.1 Å². The molecule has 6 nitrogen and oxygen atoms in total. The average Bonchev–Trinajstić information content (AvgIpc) is 2.87. The van der Waals surface area contributed by atoms with Crippen LogP contribution in [0.15, 0.2) is 54.7 Å². The molecule has 2 aromatic carbocycles. The van der Waals surface area contributed by atoms with Crippen LogP contribution in [0.25, 0.3) is 11.3 Å². The van der Waals surface area contributed by atoms with Crippen molar-refractivity contribution in [3.05, 3.63) is 65.3 Å². The first-order valence-corrected chi connectivity index (χ1v) is 11.5. The number of aromatic nitrogens is 1. The lowest BCUT2D eigenvalue weighted by Crippen LogP contribution is -2.43. The summed E-state index contributed by atoms with van der Waals surface area (Å²) in [5.41, 5.74) is 4.12. The Hall–Kier alpha value is -2.38. The first-order valence-electron chi connectivity index (χ1n) is 11.1. The van der Waals surface area contributed by atoms with Crippen LogP contribution in [0, 0.1) is 0 Å². The van der Waals surface area contributed by atoms with E-state index in [2.05, 4.69) is 39.5 Å². The summed E-state index contributed by atoms with van der Waals surface area (Å²) in [4.78, 5) is 7.10. The minimum atomic E-state index is 0. The quantitative estimate of drug-likeness (QED) is 0.376. The molecule has 1 saturated heterocycles. The zero-order valence-electron chi connectivity index (χ0n) is 20.1. The molecular weight excluding hydrogens is 509 g/mol. The second-order valence-corrected chi connectivity index (χ2v) is 8.49. The maximum absolute atomic E-state index is 6.16. The molecule has 4 rings (SSSR count). The molecule has 1 aliphatic heterocycles. The summed E-state index contributed by atoms with van der Waals surface area (Å²) in [6.07, 6.45) is 4.07. The van der Waals surface area contributed by atoms with E-state index in [-0.39, 0.29) is 24.8 Å². The SMILES string of the molecule is COc1cc(-c2cc(CN(c3ccc(Cl)cc3)C3CCNCC3)ccn2)cc(OC)c1OC.Cl.Cl. The second-order valence-electron chi connectivity index (χ2n) is 8.05. The van der Waals surface area contributed by atoms with E-state index < -0.39 is 0 Å². The van der Waals surface area contributed by atoms with Crippen LogP contribution in [0.1, 0.15) is 18.4 Å². The Morgan fingerprint density at radius 2 is 1.54 bits per heavy atom. The van der Waals surface area contributed by atoms with Gasteiger partial charge in [-0.2, -0.15) is 0 Å². The molecule has 0 radical (unpaired) electrons. The van der Waals surface area contributed by atoms with Crippen LogP contribution >= 0.6 is 36.4 Å². The molecule has 9 heteroatoms. The molecule has 0 bridgehead atoms. The third kappa shape index (κ3) is 6.85. The number of pyridine rings is 1. The van der Waals surface area contributed by atoms with E-state index >= 15 is 0 Å². The number of ether oxygens (including phenoxy) is 3. The summed E-state index contributed by atoms with van der Waals surface area (Å²) in [6.45, 7) is 2.84. The van der Waals surface area contributed by atoms with Crippen molar-refractivity contribution >= 4 is 42.1 Å². The highest BCUT2D eigenvalue weighted by Gasteiger charge is 2.22. The van der Waals surface area contributed by atoms with Crippen molar-refractivity contribution in [1.29, 1.82) is 0 Å². The number of hydrogen-bond acceptors (Lipinski definition) is 6. The molecule has 0 saturated carbocycles. The molecule has 0 amide bonds. The molecule has 0 unspecified atom stereocenters. The molecule has 0 aliphatic carbocycles. The lowest BCUT2D eigenvalue weighted by atomic mass is 10.0. The Morgan fingerprint density at radius 1 is 0.914 bits per heavy atom. The number of nitrogens with one attached hydrogen (secondary N) is 1. The lowest BCUT2D eigenvalue weighted by molar-refractivity contribution is 0.324. The highest BCUT2D eigenvalue weighted by molar-refractivity contribution is 6.30. The highest BCUT2D eigenvalue weighted by Crippen LogP contribution is 2.41. The fourth-order valence-electron chi connectivity index (χ4n) is 4.34. The largest absolute Gasteiger partial charge is 0.493 e. The number of benzene rings is 2. The Labute approximate surface area is 224 Å². The molecular formula is C26H32Cl3N3O3. The Morgan fingerprint density at radius 3 is 2.11 bits per heavy atom. The van der Waals surface area contributed by atoms with E-state index in [9.17, 15) is 0 Å². The zero-order chi connectivity index (χ0) is 23.2. The zero-order valence-corrected chi connectivity index (χ0v) is 22.5. The van der Waals surface area contributed by atoms with Gasteiger partial charge in [0.2, 0.25) is 5.75 Å². The molecule has 1 aliphatic rings. The molecule has 3 aromatic rings. The van der Waals surface area contributed by atoms with Gasteiger partial charge in [-0.05, 0) is 80.0 Å². The van der Waals surface area contributed by atoms with Crippen molar-refractivity contribution in [2.75, 3.05) is 39.3 Å². The van der Waals surface area contributed by atoms with Gasteiger partial charge in [-0.3, -0.25) is 4.98 Å². The van der Waals surface area contributed by atoms with E-state index in [1.165, 1.54) is 11.3 Å². The van der Waals surface area contributed by atoms with Gasteiger partial charge in [0.15, 0.2) is 11.5 Å². The van der Waals surface area contributed by atoms with Crippen molar-refractivity contribution < 1.29 is 14.2 Å². The van der Waals surface area contributed by atoms with Crippen LogP contribution in [0.4, 0.5) is 5.69 Å². The van der Waals surface area contributed by atoms with E-state index in [1.54, 1.807) is 21.3 Å². The number of nitrogens with zero attached hydrogens (tertiary/aromatic N) is 2. The van der Waals surface area contributed by atoms with Crippen LogP contribution in [0.5, 0.6) is 17.2 Å². The third-order valence-electron chi connectivity index (χ3n) is 6.05. The molecule has 1 fully saturated rings.